The van der Waals surface area contributed by atoms with Gasteiger partial charge in [-0.1, -0.05) is 121 Å². The van der Waals surface area contributed by atoms with E-state index in [1.54, 1.807) is 0 Å². The lowest BCUT2D eigenvalue weighted by molar-refractivity contribution is 0.703. The SMILES string of the molecule is Nc1c(Cc2ccc(-n3c4c(c5ccccc53)C=C(C3=CC=CC5C3c3ccccc3N5c3ccccc3)CC4)cc2)ccc2ccccc12. The summed E-state index contributed by atoms with van der Waals surface area (Å²) in [6, 6.07) is 50.8. The summed E-state index contributed by atoms with van der Waals surface area (Å²) in [5.41, 5.74) is 22.0. The molecule has 50 heavy (non-hydrogen) atoms. The zero-order valence-electron chi connectivity index (χ0n) is 27.8. The molecule has 1 aliphatic heterocycles. The Morgan fingerprint density at radius 2 is 1.42 bits per heavy atom. The predicted molar refractivity (Wildman–Crippen MR) is 210 cm³/mol. The summed E-state index contributed by atoms with van der Waals surface area (Å²) in [6.45, 7) is 0. The molecule has 240 valence electrons. The van der Waals surface area contributed by atoms with Gasteiger partial charge < -0.3 is 15.2 Å². The van der Waals surface area contributed by atoms with Crippen LogP contribution < -0.4 is 10.6 Å². The van der Waals surface area contributed by atoms with Crippen molar-refractivity contribution in [1.29, 1.82) is 0 Å². The van der Waals surface area contributed by atoms with Gasteiger partial charge >= 0.3 is 0 Å². The number of benzene rings is 6. The van der Waals surface area contributed by atoms with Crippen LogP contribution in [0.4, 0.5) is 17.1 Å². The van der Waals surface area contributed by atoms with E-state index in [-0.39, 0.29) is 6.04 Å². The van der Waals surface area contributed by atoms with Crippen molar-refractivity contribution >= 4 is 44.8 Å². The molecule has 0 radical (unpaired) electrons. The zero-order valence-corrected chi connectivity index (χ0v) is 27.8. The lowest BCUT2D eigenvalue weighted by Gasteiger charge is -2.32. The standard InChI is InChI=1S/C47H37N3/c48-47-34(24-23-32-11-4-5-14-38(32)47)29-31-21-26-36(27-22-31)49-42-18-8-6-15-39(42)41-30-33(25-28-44(41)49)37-17-10-20-45-46(37)40-16-7-9-19-43(40)50(45)35-12-2-1-3-13-35/h1-24,26-27,30,45-46H,25,28-29,48H2. The molecule has 3 nitrogen and oxygen atoms in total. The molecule has 0 amide bonds. The van der Waals surface area contributed by atoms with E-state index in [4.69, 9.17) is 5.73 Å². The highest BCUT2D eigenvalue weighted by atomic mass is 15.2. The maximum absolute atomic E-state index is 6.64. The molecule has 2 N–H and O–H groups in total. The van der Waals surface area contributed by atoms with Crippen LogP contribution in [0.25, 0.3) is 33.4 Å². The Balaban J connectivity index is 1.01. The summed E-state index contributed by atoms with van der Waals surface area (Å²) in [7, 11) is 0. The minimum Gasteiger partial charge on any atom is -0.398 e. The van der Waals surface area contributed by atoms with Crippen molar-refractivity contribution in [3.63, 3.8) is 0 Å². The normalized spacial score (nSPS) is 17.7. The van der Waals surface area contributed by atoms with Gasteiger partial charge in [0.2, 0.25) is 0 Å². The van der Waals surface area contributed by atoms with Crippen molar-refractivity contribution < 1.29 is 0 Å². The number of aromatic nitrogens is 1. The molecule has 3 heteroatoms. The summed E-state index contributed by atoms with van der Waals surface area (Å²) >= 11 is 0. The van der Waals surface area contributed by atoms with E-state index in [0.29, 0.717) is 5.92 Å². The molecular formula is C47H37N3. The van der Waals surface area contributed by atoms with E-state index in [1.165, 1.54) is 72.4 Å². The minimum atomic E-state index is 0.252. The Morgan fingerprint density at radius 3 is 2.30 bits per heavy atom. The van der Waals surface area contributed by atoms with Gasteiger partial charge in [0.25, 0.3) is 0 Å². The fourth-order valence-electron chi connectivity index (χ4n) is 8.82. The van der Waals surface area contributed by atoms with Crippen LogP contribution in [0.1, 0.15) is 40.3 Å². The molecule has 3 aliphatic rings. The maximum atomic E-state index is 6.64. The number of hydrogen-bond donors (Lipinski definition) is 1. The number of nitrogen functional groups attached to an aromatic ring is 1. The Kier molecular flexibility index (Phi) is 6.67. The van der Waals surface area contributed by atoms with Gasteiger partial charge in [-0.05, 0) is 95.0 Å². The van der Waals surface area contributed by atoms with Crippen LogP contribution in [-0.4, -0.2) is 10.6 Å². The van der Waals surface area contributed by atoms with Crippen LogP contribution in [-0.2, 0) is 12.8 Å². The van der Waals surface area contributed by atoms with Gasteiger partial charge in [-0.25, -0.2) is 0 Å². The molecule has 6 aromatic carbocycles. The van der Waals surface area contributed by atoms with Gasteiger partial charge in [0.15, 0.2) is 0 Å². The highest BCUT2D eigenvalue weighted by Crippen LogP contribution is 2.53. The van der Waals surface area contributed by atoms with E-state index < -0.39 is 0 Å². The Bertz CT molecular complexity index is 2530. The lowest BCUT2D eigenvalue weighted by Crippen LogP contribution is -2.30. The first-order chi connectivity index (χ1) is 24.7. The van der Waals surface area contributed by atoms with Crippen molar-refractivity contribution in [3.8, 4) is 5.69 Å². The van der Waals surface area contributed by atoms with E-state index in [2.05, 4.69) is 173 Å². The second-order valence-electron chi connectivity index (χ2n) is 13.8. The van der Waals surface area contributed by atoms with E-state index in [1.807, 2.05) is 0 Å². The van der Waals surface area contributed by atoms with Crippen LogP contribution in [0.5, 0.6) is 0 Å². The first kappa shape index (κ1) is 28.9. The first-order valence-electron chi connectivity index (χ1n) is 17.7. The van der Waals surface area contributed by atoms with Crippen molar-refractivity contribution in [2.45, 2.75) is 31.2 Å². The molecule has 2 heterocycles. The number of para-hydroxylation sites is 3. The number of hydrogen-bond acceptors (Lipinski definition) is 2. The predicted octanol–water partition coefficient (Wildman–Crippen LogP) is 11.1. The third-order valence-corrected chi connectivity index (χ3v) is 11.1. The van der Waals surface area contributed by atoms with Crippen LogP contribution in [0.2, 0.25) is 0 Å². The van der Waals surface area contributed by atoms with E-state index in [9.17, 15) is 0 Å². The van der Waals surface area contributed by atoms with E-state index >= 15 is 0 Å². The Hall–Kier alpha value is -6.06. The molecular weight excluding hydrogens is 607 g/mol. The third kappa shape index (κ3) is 4.50. The molecule has 0 saturated heterocycles. The number of nitrogens with two attached hydrogens (primary N) is 1. The van der Waals surface area contributed by atoms with E-state index in [0.717, 1.165) is 30.3 Å². The summed E-state index contributed by atoms with van der Waals surface area (Å²) < 4.78 is 2.49. The second-order valence-corrected chi connectivity index (χ2v) is 13.8. The summed E-state index contributed by atoms with van der Waals surface area (Å²) in [6.07, 6.45) is 12.4. The maximum Gasteiger partial charge on any atom is 0.0635 e. The number of fused-ring (bicyclic) bond motifs is 7. The average molecular weight is 644 g/mol. The summed E-state index contributed by atoms with van der Waals surface area (Å²) in [4.78, 5) is 2.53. The van der Waals surface area contributed by atoms with Crippen LogP contribution in [0.15, 0.2) is 169 Å². The number of allylic oxidation sites excluding steroid dienone is 3. The molecule has 10 rings (SSSR count). The molecule has 0 bridgehead atoms. The Labute approximate surface area is 292 Å². The molecule has 0 spiro atoms. The average Bonchev–Trinajstić information content (AvgIpc) is 3.69. The first-order valence-corrected chi connectivity index (χ1v) is 17.7. The van der Waals surface area contributed by atoms with Crippen LogP contribution in [0.3, 0.4) is 0 Å². The summed E-state index contributed by atoms with van der Waals surface area (Å²) in [5.74, 6) is 0.293. The molecule has 2 aliphatic carbocycles. The fourth-order valence-corrected chi connectivity index (χ4v) is 8.82. The zero-order chi connectivity index (χ0) is 33.2. The van der Waals surface area contributed by atoms with Crippen molar-refractivity contribution in [3.05, 3.63) is 197 Å². The molecule has 0 fully saturated rings. The largest absolute Gasteiger partial charge is 0.398 e. The fraction of sp³-hybridized carbons (Fsp3) is 0.106. The lowest BCUT2D eigenvalue weighted by atomic mass is 9.77. The van der Waals surface area contributed by atoms with Gasteiger partial charge in [0.1, 0.15) is 0 Å². The highest BCUT2D eigenvalue weighted by molar-refractivity contribution is 5.95. The Morgan fingerprint density at radius 1 is 0.660 bits per heavy atom. The van der Waals surface area contributed by atoms with Crippen molar-refractivity contribution in [2.75, 3.05) is 10.6 Å². The smallest absolute Gasteiger partial charge is 0.0635 e. The van der Waals surface area contributed by atoms with Crippen LogP contribution >= 0.6 is 0 Å². The van der Waals surface area contributed by atoms with Gasteiger partial charge in [-0.15, -0.1) is 0 Å². The molecule has 2 unspecified atom stereocenters. The van der Waals surface area contributed by atoms with Gasteiger partial charge in [0, 0.05) is 50.7 Å². The molecule has 1 aromatic heterocycles. The summed E-state index contributed by atoms with van der Waals surface area (Å²) in [5, 5.41) is 3.62. The molecule has 0 saturated carbocycles. The number of rotatable bonds is 5. The van der Waals surface area contributed by atoms with Crippen molar-refractivity contribution in [2.24, 2.45) is 0 Å². The minimum absolute atomic E-state index is 0.252. The van der Waals surface area contributed by atoms with Gasteiger partial charge in [0.05, 0.1) is 11.6 Å². The third-order valence-electron chi connectivity index (χ3n) is 11.1. The molecule has 7 aromatic rings. The second kappa shape index (κ2) is 11.5. The van der Waals surface area contributed by atoms with Crippen LogP contribution in [0, 0.1) is 0 Å². The topological polar surface area (TPSA) is 34.2 Å². The highest BCUT2D eigenvalue weighted by Gasteiger charge is 2.41. The molecule has 2 atom stereocenters. The van der Waals surface area contributed by atoms with Gasteiger partial charge in [-0.2, -0.15) is 0 Å². The quantitative estimate of drug-likeness (QED) is 0.189. The van der Waals surface area contributed by atoms with Gasteiger partial charge in [-0.3, -0.25) is 0 Å². The number of nitrogens with zero attached hydrogens (tertiary/aromatic N) is 2. The number of anilines is 3. The van der Waals surface area contributed by atoms with Crippen molar-refractivity contribution in [1.82, 2.24) is 4.57 Å². The monoisotopic (exact) mass is 643 g/mol.